The number of hydrogen-bond donors (Lipinski definition) is 0. The van der Waals surface area contributed by atoms with E-state index in [0.29, 0.717) is 5.33 Å². The van der Waals surface area contributed by atoms with Gasteiger partial charge in [0.05, 0.1) is 12.4 Å². The first-order valence-corrected chi connectivity index (χ1v) is 7.25. The van der Waals surface area contributed by atoms with E-state index in [1.807, 2.05) is 48.5 Å². The van der Waals surface area contributed by atoms with E-state index in [0.717, 1.165) is 22.4 Å². The molecular formula is C18H13BrO. The minimum Gasteiger partial charge on any atom is -0.497 e. The van der Waals surface area contributed by atoms with E-state index >= 15 is 0 Å². The van der Waals surface area contributed by atoms with Gasteiger partial charge in [-0.3, -0.25) is 0 Å². The van der Waals surface area contributed by atoms with Gasteiger partial charge in [0, 0.05) is 16.7 Å². The van der Waals surface area contributed by atoms with Gasteiger partial charge >= 0.3 is 0 Å². The van der Waals surface area contributed by atoms with E-state index < -0.39 is 0 Å². The van der Waals surface area contributed by atoms with Crippen LogP contribution in [0.4, 0.5) is 0 Å². The van der Waals surface area contributed by atoms with E-state index in [1.54, 1.807) is 7.11 Å². The van der Waals surface area contributed by atoms with Crippen LogP contribution in [0.3, 0.4) is 0 Å². The lowest BCUT2D eigenvalue weighted by molar-refractivity contribution is 0.415. The maximum Gasteiger partial charge on any atom is 0.118 e. The van der Waals surface area contributed by atoms with Crippen LogP contribution in [0, 0.1) is 23.7 Å². The molecule has 20 heavy (non-hydrogen) atoms. The van der Waals surface area contributed by atoms with E-state index in [2.05, 4.69) is 39.6 Å². The van der Waals surface area contributed by atoms with Crippen molar-refractivity contribution >= 4 is 15.9 Å². The number of benzene rings is 2. The molecule has 0 saturated carbocycles. The molecule has 0 bridgehead atoms. The van der Waals surface area contributed by atoms with Crippen molar-refractivity contribution in [1.29, 1.82) is 0 Å². The van der Waals surface area contributed by atoms with Gasteiger partial charge in [-0.15, -0.1) is 0 Å². The average molecular weight is 325 g/mol. The van der Waals surface area contributed by atoms with E-state index in [4.69, 9.17) is 4.74 Å². The van der Waals surface area contributed by atoms with Crippen LogP contribution in [0.15, 0.2) is 48.5 Å². The molecule has 0 N–H and O–H groups in total. The summed E-state index contributed by atoms with van der Waals surface area (Å²) >= 11 is 3.30. The Morgan fingerprint density at radius 3 is 2.15 bits per heavy atom. The summed E-state index contributed by atoms with van der Waals surface area (Å²) < 4.78 is 5.12. The Hall–Kier alpha value is -2.16. The zero-order chi connectivity index (χ0) is 14.2. The van der Waals surface area contributed by atoms with Crippen molar-refractivity contribution in [3.63, 3.8) is 0 Å². The molecule has 0 fully saturated rings. The van der Waals surface area contributed by atoms with Crippen molar-refractivity contribution in [3.8, 4) is 29.4 Å². The summed E-state index contributed by atoms with van der Waals surface area (Å²) in [5.74, 6) is 13.2. The van der Waals surface area contributed by atoms with Gasteiger partial charge in [0.25, 0.3) is 0 Å². The summed E-state index contributed by atoms with van der Waals surface area (Å²) in [6.07, 6.45) is 0. The Morgan fingerprint density at radius 1 is 0.900 bits per heavy atom. The predicted molar refractivity (Wildman–Crippen MR) is 86.1 cm³/mol. The molecule has 98 valence electrons. The summed E-state index contributed by atoms with van der Waals surface area (Å²) in [5.41, 5.74) is 2.85. The molecule has 0 heterocycles. The van der Waals surface area contributed by atoms with E-state index in [9.17, 15) is 0 Å². The van der Waals surface area contributed by atoms with Crippen molar-refractivity contribution in [2.45, 2.75) is 0 Å². The van der Waals surface area contributed by atoms with Crippen LogP contribution in [0.2, 0.25) is 0 Å². The molecule has 0 radical (unpaired) electrons. The predicted octanol–water partition coefficient (Wildman–Crippen LogP) is 3.84. The van der Waals surface area contributed by atoms with Crippen LogP contribution < -0.4 is 4.74 Å². The molecule has 2 rings (SSSR count). The number of methoxy groups -OCH3 is 1. The minimum absolute atomic E-state index is 0.660. The largest absolute Gasteiger partial charge is 0.497 e. The highest BCUT2D eigenvalue weighted by Gasteiger charge is 1.95. The van der Waals surface area contributed by atoms with Crippen molar-refractivity contribution in [1.82, 2.24) is 0 Å². The molecule has 0 aromatic heterocycles. The van der Waals surface area contributed by atoms with Gasteiger partial charge in [0.15, 0.2) is 0 Å². The average Bonchev–Trinajstić information content (AvgIpc) is 2.52. The Morgan fingerprint density at radius 2 is 1.55 bits per heavy atom. The Balaban J connectivity index is 2.28. The third-order valence-electron chi connectivity index (χ3n) is 2.65. The lowest BCUT2D eigenvalue weighted by atomic mass is 10.1. The fourth-order valence-electron chi connectivity index (χ4n) is 1.64. The van der Waals surface area contributed by atoms with Crippen molar-refractivity contribution in [3.05, 3.63) is 65.2 Å². The fourth-order valence-corrected chi connectivity index (χ4v) is 1.78. The van der Waals surface area contributed by atoms with Gasteiger partial charge in [-0.2, -0.15) is 0 Å². The number of hydrogen-bond acceptors (Lipinski definition) is 1. The molecule has 0 aliphatic heterocycles. The fraction of sp³-hybridized carbons (Fsp3) is 0.111. The monoisotopic (exact) mass is 324 g/mol. The second kappa shape index (κ2) is 7.43. The van der Waals surface area contributed by atoms with E-state index in [1.165, 1.54) is 0 Å². The minimum atomic E-state index is 0.660. The molecule has 0 amide bonds. The highest BCUT2D eigenvalue weighted by molar-refractivity contribution is 9.09. The molecule has 2 aromatic carbocycles. The Bertz CT molecular complexity index is 694. The van der Waals surface area contributed by atoms with E-state index in [-0.39, 0.29) is 0 Å². The first kappa shape index (κ1) is 14.3. The normalized spacial score (nSPS) is 8.90. The Kier molecular flexibility index (Phi) is 5.30. The quantitative estimate of drug-likeness (QED) is 0.572. The molecular weight excluding hydrogens is 312 g/mol. The maximum atomic E-state index is 5.12. The van der Waals surface area contributed by atoms with Crippen molar-refractivity contribution in [2.75, 3.05) is 12.4 Å². The molecule has 0 aliphatic carbocycles. The molecule has 1 nitrogen and oxygen atoms in total. The van der Waals surface area contributed by atoms with Crippen LogP contribution >= 0.6 is 15.9 Å². The summed E-state index contributed by atoms with van der Waals surface area (Å²) in [4.78, 5) is 0. The van der Waals surface area contributed by atoms with Crippen LogP contribution in [0.25, 0.3) is 0 Å². The van der Waals surface area contributed by atoms with Crippen LogP contribution in [-0.4, -0.2) is 12.4 Å². The van der Waals surface area contributed by atoms with Crippen molar-refractivity contribution in [2.24, 2.45) is 0 Å². The molecule has 0 aliphatic rings. The molecule has 0 spiro atoms. The lowest BCUT2D eigenvalue weighted by Gasteiger charge is -1.98. The number of rotatable bonds is 1. The second-order valence-electron chi connectivity index (χ2n) is 3.96. The summed E-state index contributed by atoms with van der Waals surface area (Å²) in [7, 11) is 1.65. The summed E-state index contributed by atoms with van der Waals surface area (Å²) in [6, 6.07) is 15.6. The van der Waals surface area contributed by atoms with Gasteiger partial charge in [-0.1, -0.05) is 51.7 Å². The van der Waals surface area contributed by atoms with Crippen LogP contribution in [0.1, 0.15) is 16.7 Å². The first-order chi connectivity index (χ1) is 9.83. The first-order valence-electron chi connectivity index (χ1n) is 6.13. The van der Waals surface area contributed by atoms with Gasteiger partial charge in [0.1, 0.15) is 5.75 Å². The zero-order valence-electron chi connectivity index (χ0n) is 11.1. The number of halogens is 1. The van der Waals surface area contributed by atoms with Crippen LogP contribution in [0.5, 0.6) is 5.75 Å². The third kappa shape index (κ3) is 3.92. The topological polar surface area (TPSA) is 9.23 Å². The standard InChI is InChI=1S/C18H13BrO/c1-20-18-12-9-15(10-13-18)8-11-17-6-3-2-5-16(17)7-4-14-19/h2-3,5-6,9-10,12-13H,14H2,1H3. The van der Waals surface area contributed by atoms with Gasteiger partial charge in [-0.25, -0.2) is 0 Å². The summed E-state index contributed by atoms with van der Waals surface area (Å²) in [5, 5.41) is 0.660. The molecule has 2 heteroatoms. The molecule has 0 atom stereocenters. The molecule has 0 unspecified atom stereocenters. The second-order valence-corrected chi connectivity index (χ2v) is 4.52. The Labute approximate surface area is 128 Å². The number of ether oxygens (including phenoxy) is 1. The van der Waals surface area contributed by atoms with Crippen molar-refractivity contribution < 1.29 is 4.74 Å². The highest BCUT2D eigenvalue weighted by Crippen LogP contribution is 2.11. The smallest absolute Gasteiger partial charge is 0.118 e. The third-order valence-corrected chi connectivity index (χ3v) is 2.93. The van der Waals surface area contributed by atoms with Gasteiger partial charge < -0.3 is 4.74 Å². The number of alkyl halides is 1. The summed E-state index contributed by atoms with van der Waals surface area (Å²) in [6.45, 7) is 0. The maximum absolute atomic E-state index is 5.12. The van der Waals surface area contributed by atoms with Gasteiger partial charge in [0.2, 0.25) is 0 Å². The highest BCUT2D eigenvalue weighted by atomic mass is 79.9. The lowest BCUT2D eigenvalue weighted by Crippen LogP contribution is -1.84. The van der Waals surface area contributed by atoms with Gasteiger partial charge in [-0.05, 0) is 36.4 Å². The molecule has 2 aromatic rings. The SMILES string of the molecule is COc1ccc(C#Cc2ccccc2C#CCBr)cc1. The van der Waals surface area contributed by atoms with Crippen LogP contribution in [-0.2, 0) is 0 Å². The zero-order valence-corrected chi connectivity index (χ0v) is 12.7. The molecule has 0 saturated heterocycles.